The number of nitrogens with two attached hydrogens (primary N) is 1. The maximum absolute atomic E-state index is 12.5. The molecule has 0 bridgehead atoms. The van der Waals surface area contributed by atoms with Gasteiger partial charge in [0.1, 0.15) is 5.75 Å². The maximum Gasteiger partial charge on any atom is 0.416 e. The van der Waals surface area contributed by atoms with E-state index in [-0.39, 0.29) is 13.0 Å². The van der Waals surface area contributed by atoms with Crippen molar-refractivity contribution in [1.82, 2.24) is 0 Å². The fourth-order valence-corrected chi connectivity index (χ4v) is 1.46. The zero-order valence-electron chi connectivity index (χ0n) is 9.29. The number of hydrogen-bond acceptors (Lipinski definition) is 3. The van der Waals surface area contributed by atoms with E-state index in [0.717, 1.165) is 12.1 Å². The van der Waals surface area contributed by atoms with Crippen LogP contribution < -0.4 is 10.5 Å². The number of rotatable bonds is 4. The minimum absolute atomic E-state index is 0.129. The normalized spacial score (nSPS) is 13.5. The molecule has 0 radical (unpaired) electrons. The molecule has 1 aromatic rings. The summed E-state index contributed by atoms with van der Waals surface area (Å²) in [5, 5.41) is 8.80. The number of ether oxygens (including phenoxy) is 1. The van der Waals surface area contributed by atoms with Crippen LogP contribution in [0.1, 0.15) is 11.1 Å². The molecule has 3 nitrogen and oxygen atoms in total. The summed E-state index contributed by atoms with van der Waals surface area (Å²) in [6.45, 7) is -0.292. The van der Waals surface area contributed by atoms with E-state index in [4.69, 9.17) is 15.6 Å². The van der Waals surface area contributed by atoms with E-state index in [9.17, 15) is 13.2 Å². The summed E-state index contributed by atoms with van der Waals surface area (Å²) >= 11 is 0. The standard InChI is InChI=1S/C11H14F3NO2/c1-17-10-3-2-8(11(12,13)14)4-7(10)5-9(15)6-16/h2-4,9,16H,5-6,15H2,1H3. The van der Waals surface area contributed by atoms with Gasteiger partial charge in [-0.3, -0.25) is 0 Å². The Bertz CT molecular complexity index is 379. The summed E-state index contributed by atoms with van der Waals surface area (Å²) in [7, 11) is 1.37. The molecule has 1 aromatic carbocycles. The van der Waals surface area contributed by atoms with Gasteiger partial charge in [0.2, 0.25) is 0 Å². The third-order valence-electron chi connectivity index (χ3n) is 2.32. The lowest BCUT2D eigenvalue weighted by Crippen LogP contribution is -2.27. The van der Waals surface area contributed by atoms with Crippen LogP contribution in [0.15, 0.2) is 18.2 Å². The van der Waals surface area contributed by atoms with Gasteiger partial charge in [-0.2, -0.15) is 13.2 Å². The van der Waals surface area contributed by atoms with Crippen molar-refractivity contribution in [2.24, 2.45) is 5.73 Å². The molecule has 0 saturated carbocycles. The van der Waals surface area contributed by atoms with Crippen molar-refractivity contribution < 1.29 is 23.0 Å². The fourth-order valence-electron chi connectivity index (χ4n) is 1.46. The topological polar surface area (TPSA) is 55.5 Å². The summed E-state index contributed by atoms with van der Waals surface area (Å²) in [6.07, 6.45) is -4.27. The van der Waals surface area contributed by atoms with Crippen LogP contribution in [0.2, 0.25) is 0 Å². The number of methoxy groups -OCH3 is 1. The van der Waals surface area contributed by atoms with Crippen molar-refractivity contribution >= 4 is 0 Å². The van der Waals surface area contributed by atoms with Crippen molar-refractivity contribution in [3.63, 3.8) is 0 Å². The van der Waals surface area contributed by atoms with Gasteiger partial charge < -0.3 is 15.6 Å². The Kier molecular flexibility index (Phi) is 4.36. The van der Waals surface area contributed by atoms with Crippen LogP contribution in [0.4, 0.5) is 13.2 Å². The molecule has 0 aliphatic carbocycles. The van der Waals surface area contributed by atoms with Crippen LogP contribution in [-0.2, 0) is 12.6 Å². The number of benzene rings is 1. The van der Waals surface area contributed by atoms with E-state index in [1.807, 2.05) is 0 Å². The van der Waals surface area contributed by atoms with Gasteiger partial charge in [0.25, 0.3) is 0 Å². The second-order valence-corrected chi connectivity index (χ2v) is 3.67. The highest BCUT2D eigenvalue weighted by Crippen LogP contribution is 2.32. The van der Waals surface area contributed by atoms with Gasteiger partial charge >= 0.3 is 6.18 Å². The molecule has 0 spiro atoms. The lowest BCUT2D eigenvalue weighted by Gasteiger charge is -2.15. The summed E-state index contributed by atoms with van der Waals surface area (Å²) in [4.78, 5) is 0. The smallest absolute Gasteiger partial charge is 0.416 e. The highest BCUT2D eigenvalue weighted by molar-refractivity contribution is 5.38. The number of aliphatic hydroxyl groups is 1. The first-order valence-electron chi connectivity index (χ1n) is 4.99. The fraction of sp³-hybridized carbons (Fsp3) is 0.455. The molecule has 0 aliphatic heterocycles. The summed E-state index contributed by atoms with van der Waals surface area (Å²) in [5.41, 5.74) is 5.09. The van der Waals surface area contributed by atoms with Crippen molar-refractivity contribution in [3.05, 3.63) is 29.3 Å². The molecule has 0 amide bonds. The molecule has 96 valence electrons. The molecule has 0 aromatic heterocycles. The van der Waals surface area contributed by atoms with Crippen LogP contribution in [-0.4, -0.2) is 24.9 Å². The second-order valence-electron chi connectivity index (χ2n) is 3.67. The van der Waals surface area contributed by atoms with E-state index in [1.54, 1.807) is 0 Å². The highest BCUT2D eigenvalue weighted by Gasteiger charge is 2.31. The zero-order valence-corrected chi connectivity index (χ0v) is 9.29. The Morgan fingerprint density at radius 3 is 2.53 bits per heavy atom. The minimum Gasteiger partial charge on any atom is -0.496 e. The van der Waals surface area contributed by atoms with Gasteiger partial charge in [-0.1, -0.05) is 0 Å². The lowest BCUT2D eigenvalue weighted by molar-refractivity contribution is -0.137. The highest BCUT2D eigenvalue weighted by atomic mass is 19.4. The Balaban J connectivity index is 3.07. The SMILES string of the molecule is COc1ccc(C(F)(F)F)cc1CC(N)CO. The molecule has 6 heteroatoms. The van der Waals surface area contributed by atoms with E-state index < -0.39 is 17.8 Å². The molecule has 0 fully saturated rings. The summed E-state index contributed by atoms with van der Waals surface area (Å²) < 4.78 is 42.5. The molecule has 1 unspecified atom stereocenters. The summed E-state index contributed by atoms with van der Waals surface area (Å²) in [5.74, 6) is 0.335. The minimum atomic E-state index is -4.40. The molecule has 0 heterocycles. The van der Waals surface area contributed by atoms with Crippen LogP contribution in [0.25, 0.3) is 0 Å². The van der Waals surface area contributed by atoms with Crippen molar-refractivity contribution in [1.29, 1.82) is 0 Å². The number of alkyl halides is 3. The number of halogens is 3. The number of aliphatic hydroxyl groups excluding tert-OH is 1. The first kappa shape index (κ1) is 13.8. The first-order chi connectivity index (χ1) is 7.88. The van der Waals surface area contributed by atoms with Gasteiger partial charge in [0.05, 0.1) is 19.3 Å². The largest absolute Gasteiger partial charge is 0.496 e. The molecule has 17 heavy (non-hydrogen) atoms. The lowest BCUT2D eigenvalue weighted by atomic mass is 10.0. The van der Waals surface area contributed by atoms with Gasteiger partial charge in [0.15, 0.2) is 0 Å². The zero-order chi connectivity index (χ0) is 13.1. The molecular formula is C11H14F3NO2. The molecular weight excluding hydrogens is 235 g/mol. The molecule has 0 saturated heterocycles. The van der Waals surface area contributed by atoms with Crippen LogP contribution in [0, 0.1) is 0 Å². The number of hydrogen-bond donors (Lipinski definition) is 2. The van der Waals surface area contributed by atoms with Crippen LogP contribution in [0.3, 0.4) is 0 Å². The molecule has 3 N–H and O–H groups in total. The van der Waals surface area contributed by atoms with E-state index in [2.05, 4.69) is 0 Å². The predicted molar refractivity (Wildman–Crippen MR) is 56.8 cm³/mol. The quantitative estimate of drug-likeness (QED) is 0.851. The first-order valence-corrected chi connectivity index (χ1v) is 4.99. The van der Waals surface area contributed by atoms with E-state index >= 15 is 0 Å². The molecule has 1 rings (SSSR count). The van der Waals surface area contributed by atoms with Crippen molar-refractivity contribution in [2.75, 3.05) is 13.7 Å². The van der Waals surface area contributed by atoms with Gasteiger partial charge in [-0.15, -0.1) is 0 Å². The summed E-state index contributed by atoms with van der Waals surface area (Å²) in [6, 6.07) is 2.59. The van der Waals surface area contributed by atoms with Crippen molar-refractivity contribution in [2.45, 2.75) is 18.6 Å². The second kappa shape index (κ2) is 5.37. The van der Waals surface area contributed by atoms with E-state index in [0.29, 0.717) is 11.3 Å². The molecule has 1 atom stereocenters. The Labute approximate surface area is 97.0 Å². The third-order valence-corrected chi connectivity index (χ3v) is 2.32. The maximum atomic E-state index is 12.5. The van der Waals surface area contributed by atoms with Gasteiger partial charge in [-0.25, -0.2) is 0 Å². The van der Waals surface area contributed by atoms with Gasteiger partial charge in [-0.05, 0) is 30.2 Å². The Hall–Kier alpha value is -1.27. The van der Waals surface area contributed by atoms with Crippen molar-refractivity contribution in [3.8, 4) is 5.75 Å². The average Bonchev–Trinajstić information content (AvgIpc) is 2.27. The van der Waals surface area contributed by atoms with Crippen LogP contribution >= 0.6 is 0 Å². The van der Waals surface area contributed by atoms with Crippen LogP contribution in [0.5, 0.6) is 5.75 Å². The third kappa shape index (κ3) is 3.61. The monoisotopic (exact) mass is 249 g/mol. The van der Waals surface area contributed by atoms with E-state index in [1.165, 1.54) is 13.2 Å². The predicted octanol–water partition coefficient (Wildman–Crippen LogP) is 1.58. The van der Waals surface area contributed by atoms with Gasteiger partial charge in [0, 0.05) is 6.04 Å². The average molecular weight is 249 g/mol. The Morgan fingerprint density at radius 1 is 1.41 bits per heavy atom. The molecule has 0 aliphatic rings. The Morgan fingerprint density at radius 2 is 2.06 bits per heavy atom.